The number of aromatic nitrogens is 1. The molecule has 5 rings (SSSR count). The number of halogens is 1. The van der Waals surface area contributed by atoms with Gasteiger partial charge in [0.05, 0.1) is 37.1 Å². The molecule has 0 N–H and O–H groups in total. The zero-order valence-corrected chi connectivity index (χ0v) is 22.2. The number of imide groups is 1. The summed E-state index contributed by atoms with van der Waals surface area (Å²) in [4.78, 5) is 43.2. The van der Waals surface area contributed by atoms with Crippen molar-refractivity contribution < 1.29 is 28.1 Å². The Kier molecular flexibility index (Phi) is 7.51. The van der Waals surface area contributed by atoms with Crippen LogP contribution in [0.4, 0.5) is 5.69 Å². The zero-order chi connectivity index (χ0) is 27.5. The van der Waals surface area contributed by atoms with Crippen LogP contribution in [0.15, 0.2) is 75.9 Å². The third kappa shape index (κ3) is 5.18. The minimum absolute atomic E-state index is 0.0109. The molecule has 1 aliphatic rings. The third-order valence-corrected chi connectivity index (χ3v) is 6.77. The number of aryl methyl sites for hydroxylation is 1. The van der Waals surface area contributed by atoms with Gasteiger partial charge in [-0.15, -0.1) is 0 Å². The maximum atomic E-state index is 14.0. The predicted molar refractivity (Wildman–Crippen MR) is 143 cm³/mol. The van der Waals surface area contributed by atoms with Crippen LogP contribution in [0.5, 0.6) is 5.75 Å². The van der Waals surface area contributed by atoms with Crippen LogP contribution in [0, 0.1) is 6.92 Å². The van der Waals surface area contributed by atoms with Crippen molar-refractivity contribution in [2.45, 2.75) is 39.3 Å². The quantitative estimate of drug-likeness (QED) is 0.249. The molecule has 1 fully saturated rings. The zero-order valence-electron chi connectivity index (χ0n) is 21.4. The average molecular weight is 548 g/mol. The van der Waals surface area contributed by atoms with Crippen LogP contribution in [0.1, 0.15) is 41.8 Å². The van der Waals surface area contributed by atoms with Crippen molar-refractivity contribution in [3.05, 3.63) is 89.2 Å². The molecule has 3 amide bonds. The summed E-state index contributed by atoms with van der Waals surface area (Å²) < 4.78 is 16.5. The van der Waals surface area contributed by atoms with E-state index in [2.05, 4.69) is 5.16 Å². The molecule has 10 heteroatoms. The van der Waals surface area contributed by atoms with E-state index in [0.717, 1.165) is 11.3 Å². The van der Waals surface area contributed by atoms with E-state index in [9.17, 15) is 14.4 Å². The van der Waals surface area contributed by atoms with E-state index < -0.39 is 23.8 Å². The molecule has 0 aliphatic carbocycles. The topological polar surface area (TPSA) is 106 Å². The fourth-order valence-corrected chi connectivity index (χ4v) is 4.80. The largest absolute Gasteiger partial charge is 0.494 e. The number of carbonyl (C=O) groups excluding carboxylic acids is 3. The summed E-state index contributed by atoms with van der Waals surface area (Å²) in [6.07, 6.45) is 2.14. The van der Waals surface area contributed by atoms with Gasteiger partial charge in [-0.2, -0.15) is 0 Å². The van der Waals surface area contributed by atoms with Crippen LogP contribution in [-0.2, 0) is 16.1 Å². The smallest absolute Gasteiger partial charge is 0.277 e. The fourth-order valence-electron chi connectivity index (χ4n) is 4.57. The Labute approximate surface area is 229 Å². The van der Waals surface area contributed by atoms with Crippen LogP contribution >= 0.6 is 11.6 Å². The van der Waals surface area contributed by atoms with Crippen molar-refractivity contribution >= 4 is 35.0 Å². The first-order chi connectivity index (χ1) is 18.9. The van der Waals surface area contributed by atoms with E-state index in [0.29, 0.717) is 45.7 Å². The fraction of sp³-hybridized carbons (Fsp3) is 0.241. The number of rotatable bonds is 9. The highest BCUT2D eigenvalue weighted by molar-refractivity contribution is 6.33. The normalized spacial score (nSPS) is 15.2. The molecular formula is C29H26ClN3O6. The molecule has 2 aromatic heterocycles. The molecule has 1 aliphatic heterocycles. The molecule has 0 unspecified atom stereocenters. The van der Waals surface area contributed by atoms with Crippen molar-refractivity contribution in [2.24, 2.45) is 0 Å². The molecule has 1 saturated heterocycles. The lowest BCUT2D eigenvalue weighted by atomic mass is 10.0. The van der Waals surface area contributed by atoms with Crippen LogP contribution in [0.2, 0.25) is 5.02 Å². The second-order valence-corrected chi connectivity index (χ2v) is 9.49. The molecule has 4 aromatic rings. The van der Waals surface area contributed by atoms with E-state index in [1.807, 2.05) is 6.92 Å². The van der Waals surface area contributed by atoms with Crippen molar-refractivity contribution in [1.82, 2.24) is 10.1 Å². The molecule has 0 saturated carbocycles. The summed E-state index contributed by atoms with van der Waals surface area (Å²) in [5.74, 6) is -0.0631. The highest BCUT2D eigenvalue weighted by Crippen LogP contribution is 2.35. The molecule has 1 atom stereocenters. The Morgan fingerprint density at radius 3 is 2.59 bits per heavy atom. The van der Waals surface area contributed by atoms with E-state index in [1.54, 1.807) is 67.6 Å². The Balaban J connectivity index is 1.49. The highest BCUT2D eigenvalue weighted by Gasteiger charge is 2.45. The molecule has 200 valence electrons. The first-order valence-corrected chi connectivity index (χ1v) is 12.9. The Bertz CT molecular complexity index is 1500. The lowest BCUT2D eigenvalue weighted by molar-refractivity contribution is -0.122. The van der Waals surface area contributed by atoms with Gasteiger partial charge in [0.2, 0.25) is 5.91 Å². The van der Waals surface area contributed by atoms with E-state index >= 15 is 0 Å². The van der Waals surface area contributed by atoms with Crippen LogP contribution in [0.3, 0.4) is 0 Å². The van der Waals surface area contributed by atoms with Crippen LogP contribution in [0.25, 0.3) is 11.1 Å². The number of hydrogen-bond acceptors (Lipinski definition) is 7. The standard InChI is InChI=1S/C29H26ClN3O6/c1-3-14-37-20-12-10-19(11-13-20)33-25(34)16-24(28(33)35)32(17-21-7-6-15-38-21)29(36)27-26(18(2)39-31-27)22-8-4-5-9-23(22)30/h4-13,15,24H,3,14,16-17H2,1-2H3/t24-/m0/s1. The van der Waals surface area contributed by atoms with Crippen molar-refractivity contribution in [1.29, 1.82) is 0 Å². The van der Waals surface area contributed by atoms with Crippen molar-refractivity contribution in [3.8, 4) is 16.9 Å². The van der Waals surface area contributed by atoms with Gasteiger partial charge < -0.3 is 18.6 Å². The van der Waals surface area contributed by atoms with Gasteiger partial charge in [0, 0.05) is 10.6 Å². The SMILES string of the molecule is CCCOc1ccc(N2C(=O)C[C@H](N(Cc3ccco3)C(=O)c3noc(C)c3-c3ccccc3Cl)C2=O)cc1. The summed E-state index contributed by atoms with van der Waals surface area (Å²) in [5, 5.41) is 4.45. The van der Waals surface area contributed by atoms with E-state index in [1.165, 1.54) is 11.2 Å². The maximum Gasteiger partial charge on any atom is 0.277 e. The number of nitrogens with zero attached hydrogens (tertiary/aromatic N) is 3. The summed E-state index contributed by atoms with van der Waals surface area (Å²) in [5.41, 5.74) is 1.38. The highest BCUT2D eigenvalue weighted by atomic mass is 35.5. The molecule has 2 aromatic carbocycles. The van der Waals surface area contributed by atoms with Gasteiger partial charge in [-0.05, 0) is 55.8 Å². The summed E-state index contributed by atoms with van der Waals surface area (Å²) in [6.45, 7) is 4.19. The summed E-state index contributed by atoms with van der Waals surface area (Å²) in [7, 11) is 0. The third-order valence-electron chi connectivity index (χ3n) is 6.44. The number of benzene rings is 2. The monoisotopic (exact) mass is 547 g/mol. The molecule has 39 heavy (non-hydrogen) atoms. The molecule has 9 nitrogen and oxygen atoms in total. The number of ether oxygens (including phenoxy) is 1. The minimum atomic E-state index is -1.08. The van der Waals surface area contributed by atoms with Crippen molar-refractivity contribution in [3.63, 3.8) is 0 Å². The van der Waals surface area contributed by atoms with Gasteiger partial charge in [0.25, 0.3) is 11.8 Å². The van der Waals surface area contributed by atoms with E-state index in [4.69, 9.17) is 25.3 Å². The summed E-state index contributed by atoms with van der Waals surface area (Å²) in [6, 6.07) is 16.0. The second-order valence-electron chi connectivity index (χ2n) is 9.08. The maximum absolute atomic E-state index is 14.0. The lowest BCUT2D eigenvalue weighted by Crippen LogP contribution is -2.45. The van der Waals surface area contributed by atoms with Crippen LogP contribution < -0.4 is 9.64 Å². The number of carbonyl (C=O) groups is 3. The van der Waals surface area contributed by atoms with Crippen LogP contribution in [-0.4, -0.2) is 40.4 Å². The number of amides is 3. The molecule has 0 radical (unpaired) electrons. The van der Waals surface area contributed by atoms with Gasteiger partial charge in [0.15, 0.2) is 5.69 Å². The first-order valence-electron chi connectivity index (χ1n) is 12.5. The predicted octanol–water partition coefficient (Wildman–Crippen LogP) is 5.66. The van der Waals surface area contributed by atoms with Gasteiger partial charge in [-0.3, -0.25) is 14.4 Å². The summed E-state index contributed by atoms with van der Waals surface area (Å²) >= 11 is 6.43. The Morgan fingerprint density at radius 2 is 1.90 bits per heavy atom. The molecule has 0 bridgehead atoms. The first kappa shape index (κ1) is 26.2. The number of furan rings is 1. The van der Waals surface area contributed by atoms with Crippen molar-refractivity contribution in [2.75, 3.05) is 11.5 Å². The van der Waals surface area contributed by atoms with Gasteiger partial charge >= 0.3 is 0 Å². The van der Waals surface area contributed by atoms with Gasteiger partial charge in [-0.1, -0.05) is 41.9 Å². The number of anilines is 1. The molecule has 3 heterocycles. The average Bonchev–Trinajstić information content (AvgIpc) is 3.66. The number of hydrogen-bond donors (Lipinski definition) is 0. The lowest BCUT2D eigenvalue weighted by Gasteiger charge is -2.26. The molecular weight excluding hydrogens is 522 g/mol. The Hall–Kier alpha value is -4.37. The minimum Gasteiger partial charge on any atom is -0.494 e. The Morgan fingerprint density at radius 1 is 1.13 bits per heavy atom. The van der Waals surface area contributed by atoms with Gasteiger partial charge in [-0.25, -0.2) is 4.90 Å². The molecule has 0 spiro atoms. The second kappa shape index (κ2) is 11.2. The van der Waals surface area contributed by atoms with Gasteiger partial charge in [0.1, 0.15) is 23.3 Å². The van der Waals surface area contributed by atoms with E-state index in [-0.39, 0.29) is 18.7 Å².